The van der Waals surface area contributed by atoms with E-state index in [1.54, 1.807) is 0 Å². The van der Waals surface area contributed by atoms with Crippen LogP contribution in [-0.4, -0.2) is 16.1 Å². The van der Waals surface area contributed by atoms with E-state index in [0.29, 0.717) is 24.8 Å². The Bertz CT molecular complexity index is 813. The second kappa shape index (κ2) is 8.21. The molecule has 1 aromatic heterocycles. The number of benzene rings is 2. The molecule has 0 aliphatic rings. The number of hydroxylamine groups is 1. The van der Waals surface area contributed by atoms with Crippen LogP contribution >= 0.6 is 0 Å². The predicted molar refractivity (Wildman–Crippen MR) is 92.2 cm³/mol. The summed E-state index contributed by atoms with van der Waals surface area (Å²) in [6, 6.07) is 17.4. The van der Waals surface area contributed by atoms with E-state index < -0.39 is 0 Å². The van der Waals surface area contributed by atoms with Crippen LogP contribution in [0, 0.1) is 6.92 Å². The zero-order chi connectivity index (χ0) is 17.5. The van der Waals surface area contributed by atoms with Gasteiger partial charge in [0.25, 0.3) is 0 Å². The Morgan fingerprint density at radius 3 is 2.60 bits per heavy atom. The van der Waals surface area contributed by atoms with Gasteiger partial charge in [-0.2, -0.15) is 0 Å². The summed E-state index contributed by atoms with van der Waals surface area (Å²) >= 11 is 0. The summed E-state index contributed by atoms with van der Waals surface area (Å²) in [5.41, 5.74) is 5.43. The van der Waals surface area contributed by atoms with Gasteiger partial charge in [-0.3, -0.25) is 9.63 Å². The molecule has 0 aliphatic heterocycles. The molecule has 0 fully saturated rings. The van der Waals surface area contributed by atoms with Crippen LogP contribution in [0.5, 0.6) is 0 Å². The number of rotatable bonds is 7. The van der Waals surface area contributed by atoms with Gasteiger partial charge < -0.3 is 4.42 Å². The van der Waals surface area contributed by atoms with Crippen LogP contribution in [0.3, 0.4) is 0 Å². The Kier molecular flexibility index (Phi) is 5.53. The van der Waals surface area contributed by atoms with E-state index in [1.165, 1.54) is 0 Å². The molecule has 0 saturated heterocycles. The molecule has 25 heavy (non-hydrogen) atoms. The fourth-order valence-electron chi connectivity index (χ4n) is 2.21. The Morgan fingerprint density at radius 1 is 1.08 bits per heavy atom. The van der Waals surface area contributed by atoms with Gasteiger partial charge >= 0.3 is 0 Å². The molecule has 0 unspecified atom stereocenters. The van der Waals surface area contributed by atoms with Crippen molar-refractivity contribution in [3.63, 3.8) is 0 Å². The lowest BCUT2D eigenvalue weighted by molar-refractivity contribution is -0.134. The summed E-state index contributed by atoms with van der Waals surface area (Å²) < 4.78 is 5.59. The third kappa shape index (κ3) is 4.99. The smallest absolute Gasteiger partial charge is 0.247 e. The number of hydrogen-bond donors (Lipinski definition) is 1. The van der Waals surface area contributed by atoms with E-state index in [0.717, 1.165) is 16.7 Å². The molecule has 0 radical (unpaired) electrons. The average molecular weight is 337 g/mol. The first-order valence-corrected chi connectivity index (χ1v) is 8.05. The van der Waals surface area contributed by atoms with Crippen LogP contribution < -0.4 is 5.48 Å². The molecule has 6 heteroatoms. The van der Waals surface area contributed by atoms with Crippen molar-refractivity contribution in [2.24, 2.45) is 0 Å². The molecule has 1 heterocycles. The molecular formula is C19H19N3O3. The highest BCUT2D eigenvalue weighted by molar-refractivity contribution is 5.74. The first-order chi connectivity index (χ1) is 12.2. The zero-order valence-electron chi connectivity index (χ0n) is 13.9. The lowest BCUT2D eigenvalue weighted by Gasteiger charge is -2.05. The van der Waals surface area contributed by atoms with Gasteiger partial charge in [0, 0.05) is 18.4 Å². The minimum absolute atomic E-state index is 0.213. The molecule has 0 aliphatic carbocycles. The topological polar surface area (TPSA) is 77.2 Å². The van der Waals surface area contributed by atoms with Gasteiger partial charge in [-0.1, -0.05) is 48.0 Å². The Morgan fingerprint density at radius 2 is 1.84 bits per heavy atom. The van der Waals surface area contributed by atoms with Crippen molar-refractivity contribution in [1.29, 1.82) is 0 Å². The van der Waals surface area contributed by atoms with Crippen molar-refractivity contribution in [1.82, 2.24) is 15.7 Å². The molecule has 1 amide bonds. The van der Waals surface area contributed by atoms with Gasteiger partial charge in [-0.25, -0.2) is 5.48 Å². The molecule has 1 N–H and O–H groups in total. The molecular weight excluding hydrogens is 318 g/mol. The van der Waals surface area contributed by atoms with Crippen LogP contribution in [0.4, 0.5) is 0 Å². The number of carbonyl (C=O) groups is 1. The maximum absolute atomic E-state index is 11.8. The Labute approximate surface area is 145 Å². The third-order valence-electron chi connectivity index (χ3n) is 3.60. The second-order valence-corrected chi connectivity index (χ2v) is 5.67. The SMILES string of the molecule is Cc1ccc(-c2nnc(CCC(=O)NOCc3ccccc3)o2)cc1. The van der Waals surface area contributed by atoms with Crippen molar-refractivity contribution in [3.05, 3.63) is 71.6 Å². The van der Waals surface area contributed by atoms with E-state index in [1.807, 2.05) is 61.5 Å². The largest absolute Gasteiger partial charge is 0.421 e. The predicted octanol–water partition coefficient (Wildman–Crippen LogP) is 3.23. The van der Waals surface area contributed by atoms with Crippen molar-refractivity contribution in [2.75, 3.05) is 0 Å². The summed E-state index contributed by atoms with van der Waals surface area (Å²) in [7, 11) is 0. The average Bonchev–Trinajstić information content (AvgIpc) is 3.10. The van der Waals surface area contributed by atoms with Crippen molar-refractivity contribution >= 4 is 5.91 Å². The number of aryl methyl sites for hydroxylation is 2. The molecule has 3 rings (SSSR count). The van der Waals surface area contributed by atoms with E-state index in [-0.39, 0.29) is 12.3 Å². The fraction of sp³-hybridized carbons (Fsp3) is 0.211. The normalized spacial score (nSPS) is 10.6. The van der Waals surface area contributed by atoms with Gasteiger partial charge in [0.1, 0.15) is 0 Å². The van der Waals surface area contributed by atoms with Crippen LogP contribution in [0.15, 0.2) is 59.0 Å². The van der Waals surface area contributed by atoms with Gasteiger partial charge in [0.15, 0.2) is 0 Å². The van der Waals surface area contributed by atoms with E-state index in [2.05, 4.69) is 15.7 Å². The van der Waals surface area contributed by atoms with Crippen molar-refractivity contribution in [3.8, 4) is 11.5 Å². The van der Waals surface area contributed by atoms with E-state index in [9.17, 15) is 4.79 Å². The molecule has 6 nitrogen and oxygen atoms in total. The first kappa shape index (κ1) is 16.9. The van der Waals surface area contributed by atoms with Crippen LogP contribution in [0.1, 0.15) is 23.4 Å². The minimum Gasteiger partial charge on any atom is -0.421 e. The number of carbonyl (C=O) groups excluding carboxylic acids is 1. The molecule has 0 spiro atoms. The second-order valence-electron chi connectivity index (χ2n) is 5.67. The summed E-state index contributed by atoms with van der Waals surface area (Å²) in [6.45, 7) is 2.34. The van der Waals surface area contributed by atoms with E-state index >= 15 is 0 Å². The van der Waals surface area contributed by atoms with Gasteiger partial charge in [-0.05, 0) is 24.6 Å². The molecule has 2 aromatic carbocycles. The third-order valence-corrected chi connectivity index (χ3v) is 3.60. The van der Waals surface area contributed by atoms with Crippen molar-refractivity contribution in [2.45, 2.75) is 26.4 Å². The van der Waals surface area contributed by atoms with Gasteiger partial charge in [0.2, 0.25) is 17.7 Å². The first-order valence-electron chi connectivity index (χ1n) is 8.05. The quantitative estimate of drug-likeness (QED) is 0.670. The minimum atomic E-state index is -0.231. The number of nitrogens with zero attached hydrogens (tertiary/aromatic N) is 2. The molecule has 3 aromatic rings. The highest BCUT2D eigenvalue weighted by Crippen LogP contribution is 2.18. The molecule has 0 saturated carbocycles. The maximum Gasteiger partial charge on any atom is 0.247 e. The number of amides is 1. The maximum atomic E-state index is 11.8. The number of aromatic nitrogens is 2. The van der Waals surface area contributed by atoms with Gasteiger partial charge in [0.05, 0.1) is 6.61 Å². The van der Waals surface area contributed by atoms with E-state index in [4.69, 9.17) is 9.25 Å². The Hall–Kier alpha value is -2.99. The standard InChI is InChI=1S/C19H19N3O3/c1-14-7-9-16(10-8-14)19-21-20-18(25-19)12-11-17(23)22-24-13-15-5-3-2-4-6-15/h2-10H,11-13H2,1H3,(H,22,23). The molecule has 128 valence electrons. The lowest BCUT2D eigenvalue weighted by atomic mass is 10.1. The molecule has 0 bridgehead atoms. The lowest BCUT2D eigenvalue weighted by Crippen LogP contribution is -2.23. The van der Waals surface area contributed by atoms with Crippen LogP contribution in [0.25, 0.3) is 11.5 Å². The number of nitrogens with one attached hydrogen (secondary N) is 1. The van der Waals surface area contributed by atoms with Gasteiger partial charge in [-0.15, -0.1) is 10.2 Å². The molecule has 0 atom stereocenters. The monoisotopic (exact) mass is 337 g/mol. The Balaban J connectivity index is 1.44. The highest BCUT2D eigenvalue weighted by atomic mass is 16.6. The van der Waals surface area contributed by atoms with Crippen LogP contribution in [-0.2, 0) is 22.7 Å². The summed E-state index contributed by atoms with van der Waals surface area (Å²) in [5.74, 6) is 0.649. The summed E-state index contributed by atoms with van der Waals surface area (Å²) in [5, 5.41) is 7.99. The van der Waals surface area contributed by atoms with Crippen molar-refractivity contribution < 1.29 is 14.0 Å². The zero-order valence-corrected chi connectivity index (χ0v) is 13.9. The fourth-order valence-corrected chi connectivity index (χ4v) is 2.21. The summed E-state index contributed by atoms with van der Waals surface area (Å²) in [6.07, 6.45) is 0.573. The highest BCUT2D eigenvalue weighted by Gasteiger charge is 2.10. The number of hydrogen-bond acceptors (Lipinski definition) is 5. The summed E-state index contributed by atoms with van der Waals surface area (Å²) in [4.78, 5) is 17.0. The van der Waals surface area contributed by atoms with Crippen LogP contribution in [0.2, 0.25) is 0 Å².